The van der Waals surface area contributed by atoms with Crippen molar-refractivity contribution in [1.82, 2.24) is 15.3 Å². The summed E-state index contributed by atoms with van der Waals surface area (Å²) in [4.78, 5) is 45.6. The Morgan fingerprint density at radius 2 is 1.94 bits per heavy atom. The Kier molecular flexibility index (Phi) is 7.06. The second-order valence-corrected chi connectivity index (χ2v) is 8.80. The monoisotopic (exact) mass is 541 g/mol. The number of urea groups is 1. The molecule has 1 saturated carbocycles. The van der Waals surface area contributed by atoms with Gasteiger partial charge in [0, 0.05) is 40.8 Å². The summed E-state index contributed by atoms with van der Waals surface area (Å²) in [5.41, 5.74) is 5.81. The van der Waals surface area contributed by atoms with E-state index in [1.54, 1.807) is 25.3 Å². The Morgan fingerprint density at radius 3 is 2.60 bits per heavy atom. The summed E-state index contributed by atoms with van der Waals surface area (Å²) in [5, 5.41) is 5.36. The molecule has 9 nitrogen and oxygen atoms in total. The highest BCUT2D eigenvalue weighted by Crippen LogP contribution is 2.47. The van der Waals surface area contributed by atoms with Crippen LogP contribution in [0.4, 0.5) is 20.8 Å². The van der Waals surface area contributed by atoms with Crippen molar-refractivity contribution in [2.45, 2.75) is 31.7 Å². The van der Waals surface area contributed by atoms with Gasteiger partial charge in [0.25, 0.3) is 0 Å². The molecule has 4 rings (SSSR count). The summed E-state index contributed by atoms with van der Waals surface area (Å²) < 4.78 is 21.3. The Balaban J connectivity index is 1.56. The average molecular weight is 542 g/mol. The molecule has 0 saturated heterocycles. The molecule has 1 aliphatic carbocycles. The zero-order valence-corrected chi connectivity index (χ0v) is 20.1. The van der Waals surface area contributed by atoms with Gasteiger partial charge in [-0.15, -0.1) is 0 Å². The van der Waals surface area contributed by atoms with E-state index in [1.165, 1.54) is 30.5 Å². The molecule has 0 radical (unpaired) electrons. The maximum absolute atomic E-state index is 15.0. The highest BCUT2D eigenvalue weighted by Gasteiger charge is 2.44. The van der Waals surface area contributed by atoms with Crippen LogP contribution >= 0.6 is 15.9 Å². The number of halogens is 2. The number of hydrogen-bond acceptors (Lipinski definition) is 7. The van der Waals surface area contributed by atoms with Gasteiger partial charge < -0.3 is 15.8 Å². The molecule has 2 aromatic heterocycles. The predicted molar refractivity (Wildman–Crippen MR) is 130 cm³/mol. The zero-order chi connectivity index (χ0) is 25.1. The van der Waals surface area contributed by atoms with E-state index in [2.05, 4.69) is 36.5 Å². The molecular weight excluding hydrogens is 521 g/mol. The van der Waals surface area contributed by atoms with Crippen molar-refractivity contribution in [3.05, 3.63) is 75.8 Å². The number of hydrogen-bond donors (Lipinski definition) is 3. The third-order valence-electron chi connectivity index (χ3n) is 5.43. The third-order valence-corrected chi connectivity index (χ3v) is 5.90. The quantitative estimate of drug-likeness (QED) is 0.228. The van der Waals surface area contributed by atoms with E-state index in [0.717, 1.165) is 4.47 Å². The van der Waals surface area contributed by atoms with Gasteiger partial charge in [0.1, 0.15) is 23.2 Å². The summed E-state index contributed by atoms with van der Waals surface area (Å²) in [6.45, 7) is 1.66. The van der Waals surface area contributed by atoms with Crippen LogP contribution in [0.1, 0.15) is 52.0 Å². The fourth-order valence-corrected chi connectivity index (χ4v) is 3.80. The lowest BCUT2D eigenvalue weighted by Gasteiger charge is -2.15. The van der Waals surface area contributed by atoms with Gasteiger partial charge in [0.2, 0.25) is 0 Å². The fourth-order valence-electron chi connectivity index (χ4n) is 3.56. The molecule has 180 valence electrons. The van der Waals surface area contributed by atoms with Crippen LogP contribution in [0.5, 0.6) is 5.75 Å². The Hall–Kier alpha value is -3.86. The number of carbonyl (C=O) groups excluding carboxylic acids is 3. The molecule has 2 atom stereocenters. The molecule has 0 unspecified atom stereocenters. The van der Waals surface area contributed by atoms with Gasteiger partial charge in [-0.25, -0.2) is 23.9 Å². The lowest BCUT2D eigenvalue weighted by molar-refractivity contribution is 0.0729. The average Bonchev–Trinajstić information content (AvgIpc) is 3.58. The van der Waals surface area contributed by atoms with Crippen molar-refractivity contribution < 1.29 is 23.5 Å². The van der Waals surface area contributed by atoms with Crippen molar-refractivity contribution in [3.8, 4) is 5.75 Å². The number of esters is 1. The van der Waals surface area contributed by atoms with E-state index < -0.39 is 29.8 Å². The van der Waals surface area contributed by atoms with Crippen molar-refractivity contribution >= 4 is 45.3 Å². The van der Waals surface area contributed by atoms with E-state index in [1.807, 2.05) is 0 Å². The highest BCUT2D eigenvalue weighted by atomic mass is 79.9. The number of nitrogens with zero attached hydrogens (tertiary/aromatic N) is 2. The lowest BCUT2D eigenvalue weighted by atomic mass is 10.00. The molecule has 0 bridgehead atoms. The lowest BCUT2D eigenvalue weighted by Crippen LogP contribution is -2.31. The normalized spacial score (nSPS) is 16.3. The van der Waals surface area contributed by atoms with Crippen LogP contribution in [0, 0.1) is 5.82 Å². The van der Waals surface area contributed by atoms with E-state index in [-0.39, 0.29) is 40.5 Å². The topological polar surface area (TPSA) is 136 Å². The highest BCUT2D eigenvalue weighted by molar-refractivity contribution is 9.10. The number of nitrogen functional groups attached to an aromatic ring is 1. The molecule has 4 N–H and O–H groups in total. The van der Waals surface area contributed by atoms with Crippen LogP contribution in [0.15, 0.2) is 53.3 Å². The number of carbonyl (C=O) groups is 3. The maximum atomic E-state index is 15.0. The summed E-state index contributed by atoms with van der Waals surface area (Å²) >= 11 is 3.27. The Labute approximate surface area is 208 Å². The van der Waals surface area contributed by atoms with Gasteiger partial charge in [-0.3, -0.25) is 10.1 Å². The molecule has 2 heterocycles. The number of anilines is 2. The summed E-state index contributed by atoms with van der Waals surface area (Å²) in [6, 6.07) is 7.73. The van der Waals surface area contributed by atoms with Crippen molar-refractivity contribution in [2.75, 3.05) is 11.1 Å². The van der Waals surface area contributed by atoms with E-state index in [0.29, 0.717) is 12.2 Å². The Bertz CT molecular complexity index is 1280. The minimum absolute atomic E-state index is 0.0631. The first kappa shape index (κ1) is 24.3. The first-order valence-corrected chi connectivity index (χ1v) is 11.5. The number of rotatable bonds is 7. The zero-order valence-electron chi connectivity index (χ0n) is 18.5. The van der Waals surface area contributed by atoms with Crippen LogP contribution in [0.25, 0.3) is 0 Å². The first-order chi connectivity index (χ1) is 16.8. The molecule has 1 fully saturated rings. The van der Waals surface area contributed by atoms with Crippen LogP contribution in [0.3, 0.4) is 0 Å². The number of benzene rings is 1. The number of nitrogens with two attached hydrogens (primary N) is 1. The molecule has 1 aliphatic rings. The van der Waals surface area contributed by atoms with Gasteiger partial charge in [-0.1, -0.05) is 6.92 Å². The maximum Gasteiger partial charge on any atom is 0.345 e. The van der Waals surface area contributed by atoms with Crippen molar-refractivity contribution in [3.63, 3.8) is 0 Å². The summed E-state index contributed by atoms with van der Waals surface area (Å²) in [5.74, 6) is -1.83. The minimum Gasteiger partial charge on any atom is -0.422 e. The van der Waals surface area contributed by atoms with E-state index in [9.17, 15) is 14.4 Å². The number of pyridine rings is 2. The van der Waals surface area contributed by atoms with E-state index in [4.69, 9.17) is 10.5 Å². The smallest absolute Gasteiger partial charge is 0.345 e. The molecule has 2 amide bonds. The SMILES string of the molecule is CCC(=O)c1ccc(F)c([C@@H]2C[C@@H]2NC(=O)Nc2ccc(Br)cn2)c1OC(=O)c1ccc(N)nc1. The van der Waals surface area contributed by atoms with Crippen LogP contribution in [-0.2, 0) is 0 Å². The summed E-state index contributed by atoms with van der Waals surface area (Å²) in [7, 11) is 0. The standard InChI is InChI=1S/C24H21BrFN5O4/c1-2-18(32)14-5-6-16(26)21(22(14)35-23(33)12-3-7-19(27)28-10-12)15-9-17(15)30-24(34)31-20-8-4-13(25)11-29-20/h3-8,10-11,15,17H,2,9H2,1H3,(H2,27,28)(H2,29,30,31,34)/t15-,17+/m1/s1. The number of nitrogens with one attached hydrogen (secondary N) is 2. The number of ether oxygens (including phenoxy) is 1. The first-order valence-electron chi connectivity index (χ1n) is 10.7. The predicted octanol–water partition coefficient (Wildman–Crippen LogP) is 4.45. The van der Waals surface area contributed by atoms with Gasteiger partial charge in [-0.05, 0) is 58.7 Å². The number of Topliss-reactive ketones (excluding diaryl/α,β-unsaturated/α-hetero) is 1. The molecule has 0 aliphatic heterocycles. The van der Waals surface area contributed by atoms with Crippen molar-refractivity contribution in [1.29, 1.82) is 0 Å². The molecular formula is C24H21BrFN5O4. The van der Waals surface area contributed by atoms with Crippen molar-refractivity contribution in [2.24, 2.45) is 0 Å². The minimum atomic E-state index is -0.807. The molecule has 0 spiro atoms. The molecule has 11 heteroatoms. The van der Waals surface area contributed by atoms with Gasteiger partial charge in [0.05, 0.1) is 11.1 Å². The Morgan fingerprint density at radius 1 is 1.14 bits per heavy atom. The second-order valence-electron chi connectivity index (χ2n) is 7.88. The number of amides is 2. The largest absolute Gasteiger partial charge is 0.422 e. The molecule has 1 aromatic carbocycles. The second kappa shape index (κ2) is 10.2. The van der Waals surface area contributed by atoms with Crippen LogP contribution < -0.4 is 21.1 Å². The molecule has 35 heavy (non-hydrogen) atoms. The molecule has 3 aromatic rings. The number of aromatic nitrogens is 2. The fraction of sp³-hybridized carbons (Fsp3) is 0.208. The van der Waals surface area contributed by atoms with Crippen LogP contribution in [-0.4, -0.2) is 33.8 Å². The van der Waals surface area contributed by atoms with Gasteiger partial charge >= 0.3 is 12.0 Å². The van der Waals surface area contributed by atoms with Gasteiger partial charge in [0.15, 0.2) is 5.78 Å². The summed E-state index contributed by atoms with van der Waals surface area (Å²) in [6.07, 6.45) is 3.31. The van der Waals surface area contributed by atoms with E-state index >= 15 is 4.39 Å². The van der Waals surface area contributed by atoms with Crippen LogP contribution in [0.2, 0.25) is 0 Å². The third kappa shape index (κ3) is 5.62. The van der Waals surface area contributed by atoms with Gasteiger partial charge in [-0.2, -0.15) is 0 Å². The number of ketones is 1.